The summed E-state index contributed by atoms with van der Waals surface area (Å²) in [6.45, 7) is 7.94. The van der Waals surface area contributed by atoms with Gasteiger partial charge in [0.25, 0.3) is 0 Å². The van der Waals surface area contributed by atoms with Crippen LogP contribution in [-0.2, 0) is 11.3 Å². The zero-order chi connectivity index (χ0) is 11.6. The number of rotatable bonds is 3. The van der Waals surface area contributed by atoms with E-state index < -0.39 is 0 Å². The van der Waals surface area contributed by atoms with Gasteiger partial charge in [0.2, 0.25) is 0 Å². The summed E-state index contributed by atoms with van der Waals surface area (Å²) in [5.41, 5.74) is 0.00893. The van der Waals surface area contributed by atoms with Gasteiger partial charge >= 0.3 is 0 Å². The molecule has 0 amide bonds. The van der Waals surface area contributed by atoms with Crippen molar-refractivity contribution in [2.24, 2.45) is 0 Å². The van der Waals surface area contributed by atoms with E-state index in [2.05, 4.69) is 19.2 Å². The Balaban J connectivity index is 1.82. The zero-order valence-electron chi connectivity index (χ0n) is 10.4. The maximum atomic E-state index is 5.69. The monoisotopic (exact) mass is 223 g/mol. The Labute approximate surface area is 97.2 Å². The Hall–Kier alpha value is -0.800. The molecule has 3 nitrogen and oxygen atoms in total. The molecule has 1 atom stereocenters. The summed E-state index contributed by atoms with van der Waals surface area (Å²) >= 11 is 0. The van der Waals surface area contributed by atoms with Crippen LogP contribution in [-0.4, -0.2) is 18.2 Å². The van der Waals surface area contributed by atoms with E-state index in [1.807, 2.05) is 19.1 Å². The van der Waals surface area contributed by atoms with Crippen LogP contribution in [0.3, 0.4) is 0 Å². The Morgan fingerprint density at radius 1 is 1.44 bits per heavy atom. The minimum atomic E-state index is 0.00893. The lowest BCUT2D eigenvalue weighted by molar-refractivity contribution is -0.0632. The molecule has 3 heteroatoms. The number of furan rings is 1. The lowest BCUT2D eigenvalue weighted by Crippen LogP contribution is -2.43. The highest BCUT2D eigenvalue weighted by molar-refractivity contribution is 5.05. The molecule has 1 unspecified atom stereocenters. The Bertz CT molecular complexity index is 343. The molecule has 16 heavy (non-hydrogen) atoms. The molecule has 0 spiro atoms. The maximum Gasteiger partial charge on any atom is 0.117 e. The number of hydrogen-bond donors (Lipinski definition) is 1. The van der Waals surface area contributed by atoms with Crippen molar-refractivity contribution in [2.45, 2.75) is 51.8 Å². The molecular weight excluding hydrogens is 202 g/mol. The first-order valence-corrected chi connectivity index (χ1v) is 5.98. The first kappa shape index (κ1) is 11.7. The fraction of sp³-hybridized carbons (Fsp3) is 0.692. The lowest BCUT2D eigenvalue weighted by Gasteiger charge is -2.35. The predicted molar refractivity (Wildman–Crippen MR) is 63.3 cm³/mol. The molecule has 1 aliphatic heterocycles. The summed E-state index contributed by atoms with van der Waals surface area (Å²) in [7, 11) is 0. The van der Waals surface area contributed by atoms with E-state index in [4.69, 9.17) is 9.15 Å². The molecule has 1 aliphatic rings. The minimum Gasteiger partial charge on any atom is -0.465 e. The third kappa shape index (κ3) is 3.09. The molecule has 1 fully saturated rings. The van der Waals surface area contributed by atoms with Crippen LogP contribution in [0.2, 0.25) is 0 Å². The van der Waals surface area contributed by atoms with Crippen LogP contribution in [0.4, 0.5) is 0 Å². The van der Waals surface area contributed by atoms with Crippen molar-refractivity contribution < 1.29 is 9.15 Å². The molecule has 1 N–H and O–H groups in total. The van der Waals surface area contributed by atoms with Gasteiger partial charge in [-0.3, -0.25) is 0 Å². The molecule has 1 aromatic heterocycles. The molecule has 0 bridgehead atoms. The van der Waals surface area contributed by atoms with Crippen LogP contribution >= 0.6 is 0 Å². The van der Waals surface area contributed by atoms with E-state index >= 15 is 0 Å². The quantitative estimate of drug-likeness (QED) is 0.855. The van der Waals surface area contributed by atoms with Gasteiger partial charge < -0.3 is 14.5 Å². The maximum absolute atomic E-state index is 5.69. The van der Waals surface area contributed by atoms with Crippen LogP contribution in [0.5, 0.6) is 0 Å². The van der Waals surface area contributed by atoms with Crippen molar-refractivity contribution in [1.82, 2.24) is 5.32 Å². The van der Waals surface area contributed by atoms with Crippen molar-refractivity contribution >= 4 is 0 Å². The first-order valence-electron chi connectivity index (χ1n) is 5.98. The standard InChI is InChI=1S/C13H21NO2/c1-10-4-5-12(16-10)9-14-11-6-7-15-13(2,3)8-11/h4-5,11,14H,6-9H2,1-3H3. The fourth-order valence-corrected chi connectivity index (χ4v) is 2.23. The topological polar surface area (TPSA) is 34.4 Å². The van der Waals surface area contributed by atoms with Gasteiger partial charge in [-0.25, -0.2) is 0 Å². The highest BCUT2D eigenvalue weighted by Gasteiger charge is 2.28. The lowest BCUT2D eigenvalue weighted by atomic mass is 9.94. The van der Waals surface area contributed by atoms with Crippen molar-refractivity contribution in [3.8, 4) is 0 Å². The smallest absolute Gasteiger partial charge is 0.117 e. The summed E-state index contributed by atoms with van der Waals surface area (Å²) in [4.78, 5) is 0. The molecule has 2 rings (SSSR count). The van der Waals surface area contributed by atoms with Crippen molar-refractivity contribution in [3.63, 3.8) is 0 Å². The van der Waals surface area contributed by atoms with Crippen LogP contribution in [0.25, 0.3) is 0 Å². The van der Waals surface area contributed by atoms with Crippen LogP contribution in [0.15, 0.2) is 16.5 Å². The van der Waals surface area contributed by atoms with Crippen molar-refractivity contribution in [1.29, 1.82) is 0 Å². The Kier molecular flexibility index (Phi) is 3.36. The third-order valence-electron chi connectivity index (χ3n) is 3.06. The average molecular weight is 223 g/mol. The molecule has 1 aromatic rings. The molecular formula is C13H21NO2. The highest BCUT2D eigenvalue weighted by atomic mass is 16.5. The van der Waals surface area contributed by atoms with Crippen LogP contribution < -0.4 is 5.32 Å². The Morgan fingerprint density at radius 3 is 2.88 bits per heavy atom. The summed E-state index contributed by atoms with van der Waals surface area (Å²) in [6.07, 6.45) is 2.15. The molecule has 0 aliphatic carbocycles. The van der Waals surface area contributed by atoms with E-state index in [0.717, 1.165) is 37.5 Å². The summed E-state index contributed by atoms with van der Waals surface area (Å²) in [5.74, 6) is 1.99. The Morgan fingerprint density at radius 2 is 2.25 bits per heavy atom. The molecule has 90 valence electrons. The van der Waals surface area contributed by atoms with Gasteiger partial charge in [0.05, 0.1) is 12.1 Å². The van der Waals surface area contributed by atoms with E-state index in [1.165, 1.54) is 0 Å². The van der Waals surface area contributed by atoms with E-state index in [9.17, 15) is 0 Å². The molecule has 0 radical (unpaired) electrons. The SMILES string of the molecule is Cc1ccc(CNC2CCOC(C)(C)C2)o1. The fourth-order valence-electron chi connectivity index (χ4n) is 2.23. The first-order chi connectivity index (χ1) is 7.55. The van der Waals surface area contributed by atoms with Gasteiger partial charge in [-0.15, -0.1) is 0 Å². The molecule has 2 heterocycles. The molecule has 1 saturated heterocycles. The van der Waals surface area contributed by atoms with E-state index in [1.54, 1.807) is 0 Å². The van der Waals surface area contributed by atoms with Gasteiger partial charge in [0.1, 0.15) is 11.5 Å². The second-order valence-corrected chi connectivity index (χ2v) is 5.19. The summed E-state index contributed by atoms with van der Waals surface area (Å²) in [5, 5.41) is 3.53. The normalized spacial score (nSPS) is 24.6. The van der Waals surface area contributed by atoms with E-state index in [-0.39, 0.29) is 5.60 Å². The second-order valence-electron chi connectivity index (χ2n) is 5.19. The average Bonchev–Trinajstić information content (AvgIpc) is 2.60. The van der Waals surface area contributed by atoms with Crippen molar-refractivity contribution in [3.05, 3.63) is 23.7 Å². The van der Waals surface area contributed by atoms with Gasteiger partial charge in [-0.1, -0.05) is 0 Å². The van der Waals surface area contributed by atoms with Crippen LogP contribution in [0.1, 0.15) is 38.2 Å². The largest absolute Gasteiger partial charge is 0.465 e. The molecule has 0 aromatic carbocycles. The molecule has 0 saturated carbocycles. The highest BCUT2D eigenvalue weighted by Crippen LogP contribution is 2.24. The predicted octanol–water partition coefficient (Wildman–Crippen LogP) is 2.64. The summed E-state index contributed by atoms with van der Waals surface area (Å²) in [6, 6.07) is 4.58. The number of aryl methyl sites for hydroxylation is 1. The number of nitrogens with one attached hydrogen (secondary N) is 1. The van der Waals surface area contributed by atoms with Gasteiger partial charge in [0, 0.05) is 12.6 Å². The van der Waals surface area contributed by atoms with Crippen LogP contribution in [0, 0.1) is 6.92 Å². The van der Waals surface area contributed by atoms with Crippen molar-refractivity contribution in [2.75, 3.05) is 6.61 Å². The van der Waals surface area contributed by atoms with E-state index in [0.29, 0.717) is 6.04 Å². The second kappa shape index (κ2) is 4.60. The van der Waals surface area contributed by atoms with Gasteiger partial charge in [-0.05, 0) is 45.7 Å². The zero-order valence-corrected chi connectivity index (χ0v) is 10.4. The van der Waals surface area contributed by atoms with Gasteiger partial charge in [0.15, 0.2) is 0 Å². The number of hydrogen-bond acceptors (Lipinski definition) is 3. The minimum absolute atomic E-state index is 0.00893. The summed E-state index contributed by atoms with van der Waals surface area (Å²) < 4.78 is 11.2. The number of ether oxygens (including phenoxy) is 1. The van der Waals surface area contributed by atoms with Gasteiger partial charge in [-0.2, -0.15) is 0 Å². The third-order valence-corrected chi connectivity index (χ3v) is 3.06.